The van der Waals surface area contributed by atoms with E-state index in [0.717, 1.165) is 36.4 Å². The van der Waals surface area contributed by atoms with Gasteiger partial charge in [0.15, 0.2) is 6.29 Å². The van der Waals surface area contributed by atoms with Crippen LogP contribution >= 0.6 is 0 Å². The zero-order valence-corrected chi connectivity index (χ0v) is 30.8. The number of nitrogens with one attached hydrogen (secondary N) is 2. The number of allylic oxidation sites excluding steroid dienone is 3. The van der Waals surface area contributed by atoms with Crippen molar-refractivity contribution in [3.8, 4) is 0 Å². The first-order valence-electron chi connectivity index (χ1n) is 15.9. The molecular weight excluding hydrogens is 615 g/mol. The van der Waals surface area contributed by atoms with Crippen LogP contribution in [0.2, 0.25) is 0 Å². The molecule has 3 rings (SSSR count). The Morgan fingerprint density at radius 3 is 2.06 bits per heavy atom. The van der Waals surface area contributed by atoms with Gasteiger partial charge >= 0.3 is 6.18 Å². The fourth-order valence-electron chi connectivity index (χ4n) is 3.20. The smallest absolute Gasteiger partial charge is 0.355 e. The van der Waals surface area contributed by atoms with Gasteiger partial charge in [0.05, 0.1) is 17.0 Å². The summed E-state index contributed by atoms with van der Waals surface area (Å²) < 4.78 is 36.6. The maximum absolute atomic E-state index is 12.2. The van der Waals surface area contributed by atoms with Crippen LogP contribution in [0.5, 0.6) is 0 Å². The molecule has 0 saturated carbocycles. The zero-order chi connectivity index (χ0) is 37.5. The number of halogens is 3. The summed E-state index contributed by atoms with van der Waals surface area (Å²) >= 11 is 0. The van der Waals surface area contributed by atoms with Gasteiger partial charge in [-0.2, -0.15) is 13.2 Å². The highest BCUT2D eigenvalue weighted by Gasteiger charge is 2.30. The number of aromatic nitrogens is 2. The minimum absolute atomic E-state index is 0.105. The lowest BCUT2D eigenvalue weighted by atomic mass is 10.1. The van der Waals surface area contributed by atoms with Gasteiger partial charge in [0.25, 0.3) is 0 Å². The molecule has 0 aliphatic heterocycles. The molecule has 0 radical (unpaired) electrons. The molecule has 0 unspecified atom stereocenters. The first-order chi connectivity index (χ1) is 22.7. The van der Waals surface area contributed by atoms with Crippen LogP contribution in [0.15, 0.2) is 79.5 Å². The average molecular weight is 674 g/mol. The number of aryl methyl sites for hydroxylation is 1. The number of nitrogens with zero attached hydrogens (tertiary/aromatic N) is 3. The highest BCUT2D eigenvalue weighted by atomic mass is 19.4. The molecule has 0 aliphatic carbocycles. The van der Waals surface area contributed by atoms with Crippen LogP contribution in [0.25, 0.3) is 5.57 Å². The first-order valence-corrected chi connectivity index (χ1v) is 15.9. The second-order valence-electron chi connectivity index (χ2n) is 10.5. The van der Waals surface area contributed by atoms with Crippen molar-refractivity contribution in [2.24, 2.45) is 5.92 Å². The molecule has 2 N–H and O–H groups in total. The first kappa shape index (κ1) is 48.2. The van der Waals surface area contributed by atoms with E-state index in [0.29, 0.717) is 30.1 Å². The zero-order valence-electron chi connectivity index (χ0n) is 30.8. The van der Waals surface area contributed by atoms with Crippen molar-refractivity contribution < 1.29 is 22.8 Å². The molecular formula is C38H58F3N5O2. The number of alkyl halides is 3. The Bertz CT molecular complexity index is 1290. The second-order valence-corrected chi connectivity index (χ2v) is 10.5. The van der Waals surface area contributed by atoms with E-state index in [4.69, 9.17) is 0 Å². The molecule has 0 fully saturated rings. The summed E-state index contributed by atoms with van der Waals surface area (Å²) in [6.07, 6.45) is 2.71. The van der Waals surface area contributed by atoms with Gasteiger partial charge in [0.2, 0.25) is 6.41 Å². The van der Waals surface area contributed by atoms with Crippen molar-refractivity contribution in [1.29, 1.82) is 0 Å². The Morgan fingerprint density at radius 1 is 1.02 bits per heavy atom. The SMILES string of the molecule is C/C(=C\C(C)C)c1cc(C)ccn1.C=CC.CC.CCN(C)C.CNCc1cccc(C=O)n1.O=CNCc1cccc(C(F)(F)F)c1. The lowest BCUT2D eigenvalue weighted by Gasteiger charge is -2.07. The van der Waals surface area contributed by atoms with E-state index in [-0.39, 0.29) is 6.54 Å². The van der Waals surface area contributed by atoms with Crippen molar-refractivity contribution in [3.63, 3.8) is 0 Å². The molecule has 2 aromatic heterocycles. The third-order valence-electron chi connectivity index (χ3n) is 5.49. The van der Waals surface area contributed by atoms with Crippen LogP contribution in [0.3, 0.4) is 0 Å². The maximum atomic E-state index is 12.2. The summed E-state index contributed by atoms with van der Waals surface area (Å²) in [6.45, 7) is 21.9. The molecule has 3 aromatic rings. The highest BCUT2D eigenvalue weighted by Crippen LogP contribution is 2.29. The number of hydrogen-bond acceptors (Lipinski definition) is 6. The monoisotopic (exact) mass is 673 g/mol. The van der Waals surface area contributed by atoms with E-state index in [1.807, 2.05) is 52.2 Å². The van der Waals surface area contributed by atoms with Gasteiger partial charge in [-0.05, 0) is 107 Å². The summed E-state index contributed by atoms with van der Waals surface area (Å²) in [5.41, 5.74) is 4.71. The number of benzene rings is 1. The highest BCUT2D eigenvalue weighted by molar-refractivity contribution is 5.71. The average Bonchev–Trinajstić information content (AvgIpc) is 3.05. The Morgan fingerprint density at radius 2 is 1.60 bits per heavy atom. The molecule has 0 aliphatic rings. The van der Waals surface area contributed by atoms with Crippen LogP contribution < -0.4 is 10.6 Å². The van der Waals surface area contributed by atoms with E-state index >= 15 is 0 Å². The summed E-state index contributed by atoms with van der Waals surface area (Å²) in [6, 6.07) is 14.4. The Hall–Kier alpha value is -4.15. The van der Waals surface area contributed by atoms with E-state index in [2.05, 4.69) is 92.9 Å². The summed E-state index contributed by atoms with van der Waals surface area (Å²) in [7, 11) is 5.95. The van der Waals surface area contributed by atoms with E-state index in [9.17, 15) is 22.8 Å². The minimum Gasteiger partial charge on any atom is -0.355 e. The molecule has 0 bridgehead atoms. The van der Waals surface area contributed by atoms with Crippen molar-refractivity contribution in [1.82, 2.24) is 25.5 Å². The number of aldehydes is 1. The van der Waals surface area contributed by atoms with Gasteiger partial charge < -0.3 is 15.5 Å². The van der Waals surface area contributed by atoms with Crippen LogP contribution in [0.4, 0.5) is 13.2 Å². The van der Waals surface area contributed by atoms with Crippen LogP contribution in [-0.2, 0) is 24.1 Å². The van der Waals surface area contributed by atoms with Gasteiger partial charge in [-0.3, -0.25) is 14.6 Å². The van der Waals surface area contributed by atoms with Crippen molar-refractivity contribution in [2.45, 2.75) is 74.7 Å². The fraction of sp³-hybridized carbons (Fsp3) is 0.421. The number of pyridine rings is 2. The Balaban J connectivity index is -0.000000558. The number of carbonyl (C=O) groups is 2. The molecule has 10 heteroatoms. The Labute approximate surface area is 287 Å². The molecule has 0 atom stereocenters. The van der Waals surface area contributed by atoms with Crippen LogP contribution in [-0.4, -0.2) is 55.3 Å². The quantitative estimate of drug-likeness (QED) is 0.174. The predicted octanol–water partition coefficient (Wildman–Crippen LogP) is 8.80. The molecule has 2 heterocycles. The van der Waals surface area contributed by atoms with Crippen LogP contribution in [0.1, 0.15) is 87.0 Å². The third kappa shape index (κ3) is 27.0. The van der Waals surface area contributed by atoms with Gasteiger partial charge in [0, 0.05) is 19.3 Å². The van der Waals surface area contributed by atoms with Gasteiger partial charge in [-0.1, -0.05) is 65.0 Å². The summed E-state index contributed by atoms with van der Waals surface area (Å²) in [4.78, 5) is 30.7. The van der Waals surface area contributed by atoms with Gasteiger partial charge in [-0.15, -0.1) is 6.58 Å². The molecule has 7 nitrogen and oxygen atoms in total. The van der Waals surface area contributed by atoms with Crippen molar-refractivity contribution in [2.75, 3.05) is 27.7 Å². The van der Waals surface area contributed by atoms with Crippen LogP contribution in [0, 0.1) is 12.8 Å². The van der Waals surface area contributed by atoms with Crippen molar-refractivity contribution >= 4 is 18.3 Å². The third-order valence-corrected chi connectivity index (χ3v) is 5.49. The number of carbonyl (C=O) groups excluding carboxylic acids is 2. The summed E-state index contributed by atoms with van der Waals surface area (Å²) in [5, 5.41) is 5.25. The van der Waals surface area contributed by atoms with Crippen molar-refractivity contribution in [3.05, 3.63) is 113 Å². The largest absolute Gasteiger partial charge is 0.416 e. The van der Waals surface area contributed by atoms with E-state index in [1.165, 1.54) is 23.3 Å². The van der Waals surface area contributed by atoms with E-state index < -0.39 is 11.7 Å². The lowest BCUT2D eigenvalue weighted by Crippen LogP contribution is -2.11. The molecule has 268 valence electrons. The standard InChI is InChI=1S/C12H17N.C9H8F3NO.C8H10N2O.C4H11N.C3H6.C2H6/c1-9(2)7-11(4)12-8-10(3)5-6-13-12;10-9(11,12)8-3-1-2-7(4-8)5-13-6-14;1-9-5-7-3-2-4-8(6-11)10-7;1-4-5(2)3;1-3-2;1-2/h5-9H,1-4H3;1-4,6H,5H2,(H,13,14);2-4,6,9H,5H2,1H3;4H2,1-3H3;3H,1H2,2H3;1-2H3/b11-7+;;;;;. The lowest BCUT2D eigenvalue weighted by molar-refractivity contribution is -0.137. The summed E-state index contributed by atoms with van der Waals surface area (Å²) in [5.74, 6) is 0.585. The van der Waals surface area contributed by atoms with Gasteiger partial charge in [0.1, 0.15) is 5.69 Å². The topological polar surface area (TPSA) is 87.2 Å². The Kier molecular flexibility index (Phi) is 30.4. The number of amides is 1. The molecule has 1 aromatic carbocycles. The predicted molar refractivity (Wildman–Crippen MR) is 196 cm³/mol. The number of hydrogen-bond donors (Lipinski definition) is 2. The molecule has 0 saturated heterocycles. The fourth-order valence-corrected chi connectivity index (χ4v) is 3.20. The molecule has 1 amide bonds. The molecule has 48 heavy (non-hydrogen) atoms. The van der Waals surface area contributed by atoms with E-state index in [1.54, 1.807) is 12.1 Å². The second kappa shape index (κ2) is 30.2. The van der Waals surface area contributed by atoms with Gasteiger partial charge in [-0.25, -0.2) is 4.98 Å². The minimum atomic E-state index is -4.34. The maximum Gasteiger partial charge on any atom is 0.416 e. The number of rotatable bonds is 9. The molecule has 0 spiro atoms. The normalized spacial score (nSPS) is 10.1.